The minimum absolute atomic E-state index is 0.0178. The molecule has 21 nitrogen and oxygen atoms in total. The number of amides is 1. The van der Waals surface area contributed by atoms with Gasteiger partial charge in [0.1, 0.15) is 18.5 Å². The molecule has 1 aliphatic heterocycles. The molecule has 1 aliphatic rings. The molecule has 1 aromatic rings. The summed E-state index contributed by atoms with van der Waals surface area (Å²) in [6.07, 6.45) is -6.67. The second kappa shape index (κ2) is 23.2. The average Bonchev–Trinajstić information content (AvgIpc) is 3.07. The number of rotatable bonds is 23. The summed E-state index contributed by atoms with van der Waals surface area (Å²) in [6, 6.07) is 4.00. The molecule has 0 radical (unpaired) electrons. The zero-order chi connectivity index (χ0) is 39.4. The van der Waals surface area contributed by atoms with Gasteiger partial charge in [0.05, 0.1) is 58.1 Å². The van der Waals surface area contributed by atoms with E-state index in [-0.39, 0.29) is 63.0 Å². The summed E-state index contributed by atoms with van der Waals surface area (Å²) in [6.45, 7) is 4.98. The van der Waals surface area contributed by atoms with Gasteiger partial charge in [-0.15, -0.1) is 0 Å². The van der Waals surface area contributed by atoms with E-state index in [1.54, 1.807) is 0 Å². The highest BCUT2D eigenvalue weighted by Gasteiger charge is 2.53. The second-order valence-corrected chi connectivity index (χ2v) is 12.7. The van der Waals surface area contributed by atoms with Crippen LogP contribution in [0.4, 0.5) is 0 Å². The van der Waals surface area contributed by atoms with Gasteiger partial charge in [-0.3, -0.25) is 28.2 Å². The quantitative estimate of drug-likeness (QED) is 0.0305. The van der Waals surface area contributed by atoms with Crippen molar-refractivity contribution >= 4 is 39.9 Å². The van der Waals surface area contributed by atoms with Crippen molar-refractivity contribution in [2.75, 3.05) is 65.6 Å². The number of carbonyl (C=O) groups is 5. The van der Waals surface area contributed by atoms with Gasteiger partial charge < -0.3 is 47.9 Å². The van der Waals surface area contributed by atoms with Gasteiger partial charge in [-0.25, -0.2) is 0 Å². The van der Waals surface area contributed by atoms with E-state index < -0.39 is 83.8 Å². The first-order valence-corrected chi connectivity index (χ1v) is 17.9. The third kappa shape index (κ3) is 17.7. The van der Waals surface area contributed by atoms with Gasteiger partial charge in [0.2, 0.25) is 12.4 Å². The molecule has 1 unspecified atom stereocenters. The lowest BCUT2D eigenvalue weighted by molar-refractivity contribution is -0.288. The predicted octanol–water partition coefficient (Wildman–Crippen LogP) is 0.715. The number of esters is 4. The summed E-state index contributed by atoms with van der Waals surface area (Å²) in [5.74, 6) is -4.13. The third-order valence-corrected chi connectivity index (χ3v) is 7.14. The molecular weight excluding hydrogens is 732 g/mol. The van der Waals surface area contributed by atoms with Crippen LogP contribution in [0.5, 0.6) is 5.75 Å². The van der Waals surface area contributed by atoms with Crippen LogP contribution in [-0.2, 0) is 78.0 Å². The lowest BCUT2D eigenvalue weighted by atomic mass is 9.98. The van der Waals surface area contributed by atoms with E-state index in [4.69, 9.17) is 52.3 Å². The largest absolute Gasteiger partial charge is 0.463 e. The van der Waals surface area contributed by atoms with E-state index >= 15 is 0 Å². The van der Waals surface area contributed by atoms with E-state index in [9.17, 15) is 32.4 Å². The molecule has 2 rings (SSSR count). The number of hydrogen-bond acceptors (Lipinski definition) is 18. The Balaban J connectivity index is 2.28. The van der Waals surface area contributed by atoms with Gasteiger partial charge in [0.15, 0.2) is 12.2 Å². The van der Waals surface area contributed by atoms with Crippen molar-refractivity contribution in [2.45, 2.75) is 65.0 Å². The smallest absolute Gasteiger partial charge is 0.303 e. The summed E-state index contributed by atoms with van der Waals surface area (Å²) in [4.78, 5) is 64.2. The highest BCUT2D eigenvalue weighted by atomic mass is 32.2. The van der Waals surface area contributed by atoms with Gasteiger partial charge in [-0.1, -0.05) is 11.2 Å². The molecule has 5 atom stereocenters. The van der Waals surface area contributed by atoms with Crippen molar-refractivity contribution in [2.24, 2.45) is 5.11 Å². The van der Waals surface area contributed by atoms with E-state index in [0.29, 0.717) is 6.61 Å². The fourth-order valence-electron chi connectivity index (χ4n) is 4.55. The summed E-state index contributed by atoms with van der Waals surface area (Å²) in [5, 5.41) is 6.00. The molecule has 0 bridgehead atoms. The predicted molar refractivity (Wildman–Crippen MR) is 177 cm³/mol. The van der Waals surface area contributed by atoms with Gasteiger partial charge >= 0.3 is 23.9 Å². The first-order chi connectivity index (χ1) is 25.1. The molecule has 1 heterocycles. The molecule has 0 aromatic heterocycles. The Morgan fingerprint density at radius 3 is 2.00 bits per heavy atom. The molecule has 1 aromatic carbocycles. The van der Waals surface area contributed by atoms with Crippen LogP contribution in [0.25, 0.3) is 10.4 Å². The highest BCUT2D eigenvalue weighted by Crippen LogP contribution is 2.32. The number of hydrogen-bond donors (Lipinski definition) is 1. The Morgan fingerprint density at radius 2 is 1.42 bits per heavy atom. The zero-order valence-electron chi connectivity index (χ0n) is 29.9. The van der Waals surface area contributed by atoms with Crippen molar-refractivity contribution in [1.29, 1.82) is 0 Å². The van der Waals surface area contributed by atoms with Crippen molar-refractivity contribution in [3.05, 3.63) is 39.8 Å². The molecule has 1 saturated heterocycles. The Kier molecular flexibility index (Phi) is 19.5. The van der Waals surface area contributed by atoms with E-state index in [0.717, 1.165) is 34.0 Å². The molecule has 22 heteroatoms. The fourth-order valence-corrected chi connectivity index (χ4v) is 4.91. The molecule has 53 heavy (non-hydrogen) atoms. The van der Waals surface area contributed by atoms with Crippen LogP contribution in [0.2, 0.25) is 0 Å². The van der Waals surface area contributed by atoms with Crippen LogP contribution in [0, 0.1) is 0 Å². The fraction of sp³-hybridized carbons (Fsp3) is 0.645. The van der Waals surface area contributed by atoms with Gasteiger partial charge in [0, 0.05) is 45.7 Å². The molecule has 0 saturated carbocycles. The number of azide groups is 1. The van der Waals surface area contributed by atoms with Crippen molar-refractivity contribution < 1.29 is 79.2 Å². The maximum absolute atomic E-state index is 13.5. The number of nitrogens with one attached hydrogen (secondary N) is 1. The standard InChI is InChI=1S/C31H44N4O17S/c1-19(36)46-18-26-27(48-20(2)37)28(49-21(3)38)29(50-22(4)39)31(52-26)51-25-7-6-23(17-47-53(5,41)42)16-24(25)30(40)33-8-10-43-12-14-45-15-13-44-11-9-34-35-32/h6-7,16,26-29,31H,8-15,17-18H2,1-5H3,(H,33,40)/t26-,27+,28+,29-,31?/m1/s1. The number of nitrogens with zero attached hydrogens (tertiary/aromatic N) is 3. The molecule has 1 N–H and O–H groups in total. The Bertz CT molecular complexity index is 1550. The summed E-state index contributed by atoms with van der Waals surface area (Å²) >= 11 is 0. The number of carbonyl (C=O) groups excluding carboxylic acids is 5. The van der Waals surface area contributed by atoms with Crippen molar-refractivity contribution in [3.63, 3.8) is 0 Å². The van der Waals surface area contributed by atoms with Crippen LogP contribution in [0.1, 0.15) is 43.6 Å². The first-order valence-electron chi connectivity index (χ1n) is 16.1. The van der Waals surface area contributed by atoms with Crippen LogP contribution < -0.4 is 10.1 Å². The minimum atomic E-state index is -3.85. The van der Waals surface area contributed by atoms with E-state index in [2.05, 4.69) is 15.3 Å². The Labute approximate surface area is 305 Å². The van der Waals surface area contributed by atoms with Crippen LogP contribution >= 0.6 is 0 Å². The van der Waals surface area contributed by atoms with Gasteiger partial charge in [-0.2, -0.15) is 8.42 Å². The van der Waals surface area contributed by atoms with Crippen LogP contribution in [0.15, 0.2) is 23.3 Å². The summed E-state index contributed by atoms with van der Waals surface area (Å²) < 4.78 is 77.5. The van der Waals surface area contributed by atoms with Crippen molar-refractivity contribution in [3.8, 4) is 5.75 Å². The Hall–Kier alpha value is -4.57. The molecular formula is C31H44N4O17S. The zero-order valence-corrected chi connectivity index (χ0v) is 30.7. The maximum Gasteiger partial charge on any atom is 0.303 e. The first kappa shape index (κ1) is 44.6. The van der Waals surface area contributed by atoms with Crippen molar-refractivity contribution in [1.82, 2.24) is 5.32 Å². The number of ether oxygens (including phenoxy) is 9. The molecule has 1 fully saturated rings. The summed E-state index contributed by atoms with van der Waals surface area (Å²) in [7, 11) is -3.85. The topological polar surface area (TPSA) is 273 Å². The normalized spacial score (nSPS) is 19.6. The molecule has 1 amide bonds. The average molecular weight is 777 g/mol. The van der Waals surface area contributed by atoms with E-state index in [1.807, 2.05) is 0 Å². The highest BCUT2D eigenvalue weighted by molar-refractivity contribution is 7.85. The SMILES string of the molecule is CC(=O)OC[C@H]1OC(Oc2ccc(COS(C)(=O)=O)cc2C(=O)NCCOCCOCCOCCN=[N+]=[N-])[C@H](OC(C)=O)[C@@H](OC(C)=O)[C@H]1OC(C)=O. The van der Waals surface area contributed by atoms with Gasteiger partial charge in [-0.05, 0) is 23.2 Å². The molecule has 296 valence electrons. The molecule has 0 spiro atoms. The van der Waals surface area contributed by atoms with Gasteiger partial charge in [0.25, 0.3) is 16.0 Å². The molecule has 0 aliphatic carbocycles. The monoisotopic (exact) mass is 776 g/mol. The summed E-state index contributed by atoms with van der Waals surface area (Å²) in [5.41, 5.74) is 8.34. The number of benzene rings is 1. The third-order valence-electron chi connectivity index (χ3n) is 6.59. The Morgan fingerprint density at radius 1 is 0.830 bits per heavy atom. The lowest BCUT2D eigenvalue weighted by Gasteiger charge is -2.44. The lowest BCUT2D eigenvalue weighted by Crippen LogP contribution is -2.63. The minimum Gasteiger partial charge on any atom is -0.463 e. The van der Waals surface area contributed by atoms with Crippen LogP contribution in [0.3, 0.4) is 0 Å². The van der Waals surface area contributed by atoms with E-state index in [1.165, 1.54) is 18.2 Å². The second-order valence-electron chi connectivity index (χ2n) is 11.0. The van der Waals surface area contributed by atoms with Crippen LogP contribution in [-0.4, -0.2) is 135 Å². The maximum atomic E-state index is 13.5.